The molecule has 86 valence electrons. The molecular formula is C12H20O3. The molecule has 1 rings (SSSR count). The molecule has 0 spiro atoms. The summed E-state index contributed by atoms with van der Waals surface area (Å²) in [5.41, 5.74) is 0.190. The number of benzene rings is 1. The van der Waals surface area contributed by atoms with Gasteiger partial charge in [0, 0.05) is 0 Å². The maximum Gasteiger partial charge on any atom is 0.341 e. The summed E-state index contributed by atoms with van der Waals surface area (Å²) < 4.78 is 4.42. The molecule has 1 aromatic carbocycles. The number of phenolic OH excluding ortho intramolecular Hbond substituents is 1. The fourth-order valence-electron chi connectivity index (χ4n) is 0.756. The minimum Gasteiger partial charge on any atom is -0.507 e. The summed E-state index contributed by atoms with van der Waals surface area (Å²) in [6, 6.07) is 6.24. The van der Waals surface area contributed by atoms with Gasteiger partial charge in [0.25, 0.3) is 0 Å². The van der Waals surface area contributed by atoms with Gasteiger partial charge in [-0.15, -0.1) is 0 Å². The van der Waals surface area contributed by atoms with E-state index < -0.39 is 5.97 Å². The summed E-state index contributed by atoms with van der Waals surface area (Å²) in [6.07, 6.45) is 0. The summed E-state index contributed by atoms with van der Waals surface area (Å²) in [6.45, 7) is 8.00. The van der Waals surface area contributed by atoms with Crippen molar-refractivity contribution < 1.29 is 14.6 Å². The molecule has 1 aromatic rings. The zero-order valence-corrected chi connectivity index (χ0v) is 10.1. The highest BCUT2D eigenvalue weighted by molar-refractivity contribution is 5.92. The first kappa shape index (κ1) is 15.9. The van der Waals surface area contributed by atoms with E-state index in [2.05, 4.69) is 4.74 Å². The number of methoxy groups -OCH3 is 1. The molecule has 0 aliphatic carbocycles. The molecule has 0 aliphatic rings. The molecule has 1 N–H and O–H groups in total. The van der Waals surface area contributed by atoms with Crippen LogP contribution < -0.4 is 0 Å². The smallest absolute Gasteiger partial charge is 0.341 e. The van der Waals surface area contributed by atoms with Crippen LogP contribution in [0.25, 0.3) is 0 Å². The lowest BCUT2D eigenvalue weighted by Crippen LogP contribution is -2.00. The van der Waals surface area contributed by atoms with Crippen LogP contribution in [0.5, 0.6) is 5.75 Å². The number of ether oxygens (including phenoxy) is 1. The van der Waals surface area contributed by atoms with E-state index in [1.165, 1.54) is 19.2 Å². The summed E-state index contributed by atoms with van der Waals surface area (Å²) in [5, 5.41) is 9.11. The molecule has 0 unspecified atom stereocenters. The second-order valence-electron chi connectivity index (χ2n) is 2.01. The van der Waals surface area contributed by atoms with Crippen molar-refractivity contribution in [3.05, 3.63) is 29.8 Å². The Kier molecular flexibility index (Phi) is 11.2. The fourth-order valence-corrected chi connectivity index (χ4v) is 0.756. The van der Waals surface area contributed by atoms with Gasteiger partial charge in [0.1, 0.15) is 11.3 Å². The van der Waals surface area contributed by atoms with Gasteiger partial charge in [-0.05, 0) is 12.1 Å². The first-order valence-electron chi connectivity index (χ1n) is 5.12. The molecule has 3 heteroatoms. The first-order chi connectivity index (χ1) is 7.25. The van der Waals surface area contributed by atoms with Gasteiger partial charge in [-0.2, -0.15) is 0 Å². The summed E-state index contributed by atoms with van der Waals surface area (Å²) >= 11 is 0. The van der Waals surface area contributed by atoms with Gasteiger partial charge in [-0.25, -0.2) is 4.79 Å². The predicted molar refractivity (Wildman–Crippen MR) is 62.1 cm³/mol. The van der Waals surface area contributed by atoms with Crippen molar-refractivity contribution in [2.24, 2.45) is 0 Å². The number of carbonyl (C=O) groups is 1. The molecule has 3 nitrogen and oxygen atoms in total. The normalized spacial score (nSPS) is 7.53. The van der Waals surface area contributed by atoms with Crippen molar-refractivity contribution >= 4 is 5.97 Å². The Labute approximate surface area is 91.7 Å². The van der Waals surface area contributed by atoms with Crippen LogP contribution in [-0.4, -0.2) is 18.2 Å². The van der Waals surface area contributed by atoms with Gasteiger partial charge in [0.2, 0.25) is 0 Å². The van der Waals surface area contributed by atoms with E-state index in [0.29, 0.717) is 0 Å². The van der Waals surface area contributed by atoms with E-state index in [1.54, 1.807) is 12.1 Å². The SMILES string of the molecule is CC.CC.COC(=O)c1ccccc1O. The summed E-state index contributed by atoms with van der Waals surface area (Å²) in [4.78, 5) is 10.9. The maximum absolute atomic E-state index is 10.9. The Bertz CT molecular complexity index is 269. The van der Waals surface area contributed by atoms with E-state index in [-0.39, 0.29) is 11.3 Å². The van der Waals surface area contributed by atoms with Crippen molar-refractivity contribution in [3.63, 3.8) is 0 Å². The quantitative estimate of drug-likeness (QED) is 0.727. The number of hydrogen-bond donors (Lipinski definition) is 1. The standard InChI is InChI=1S/C8H8O3.2C2H6/c1-11-8(10)6-4-2-3-5-7(6)9;2*1-2/h2-5,9H,1H3;2*1-2H3. The number of esters is 1. The predicted octanol–water partition coefficient (Wildman–Crippen LogP) is 3.23. The molecule has 0 amide bonds. The number of phenols is 1. The molecule has 0 heterocycles. The number of hydrogen-bond acceptors (Lipinski definition) is 3. The van der Waals surface area contributed by atoms with Crippen molar-refractivity contribution in [2.75, 3.05) is 7.11 Å². The van der Waals surface area contributed by atoms with Gasteiger partial charge >= 0.3 is 5.97 Å². The molecule has 0 fully saturated rings. The van der Waals surface area contributed by atoms with Crippen LogP contribution in [0.1, 0.15) is 38.1 Å². The average molecular weight is 212 g/mol. The number of carbonyl (C=O) groups excluding carboxylic acids is 1. The topological polar surface area (TPSA) is 46.5 Å². The van der Waals surface area contributed by atoms with Crippen molar-refractivity contribution in [2.45, 2.75) is 27.7 Å². The van der Waals surface area contributed by atoms with Crippen molar-refractivity contribution in [1.82, 2.24) is 0 Å². The van der Waals surface area contributed by atoms with Crippen LogP contribution in [0, 0.1) is 0 Å². The van der Waals surface area contributed by atoms with Crippen LogP contribution in [0.3, 0.4) is 0 Å². The third kappa shape index (κ3) is 5.73. The number of rotatable bonds is 1. The van der Waals surface area contributed by atoms with Gasteiger partial charge in [0.05, 0.1) is 7.11 Å². The molecule has 0 bridgehead atoms. The van der Waals surface area contributed by atoms with Gasteiger partial charge < -0.3 is 9.84 Å². The lowest BCUT2D eigenvalue weighted by atomic mass is 10.2. The van der Waals surface area contributed by atoms with E-state index in [1.807, 2.05) is 27.7 Å². The Hall–Kier alpha value is -1.51. The van der Waals surface area contributed by atoms with E-state index in [4.69, 9.17) is 5.11 Å². The number of aromatic hydroxyl groups is 1. The molecule has 15 heavy (non-hydrogen) atoms. The lowest BCUT2D eigenvalue weighted by molar-refractivity contribution is 0.0597. The molecular weight excluding hydrogens is 192 g/mol. The van der Waals surface area contributed by atoms with Gasteiger partial charge in [-0.3, -0.25) is 0 Å². The zero-order valence-electron chi connectivity index (χ0n) is 10.1. The maximum atomic E-state index is 10.9. The first-order valence-corrected chi connectivity index (χ1v) is 5.12. The second-order valence-corrected chi connectivity index (χ2v) is 2.01. The average Bonchev–Trinajstić information content (AvgIpc) is 2.34. The third-order valence-corrected chi connectivity index (χ3v) is 1.31. The molecule has 0 aliphatic heterocycles. The largest absolute Gasteiger partial charge is 0.507 e. The van der Waals surface area contributed by atoms with Crippen molar-refractivity contribution in [3.8, 4) is 5.75 Å². The molecule has 0 atom stereocenters. The van der Waals surface area contributed by atoms with E-state index >= 15 is 0 Å². The highest BCUT2D eigenvalue weighted by Crippen LogP contribution is 2.15. The van der Waals surface area contributed by atoms with E-state index in [9.17, 15) is 4.79 Å². The molecule has 0 saturated heterocycles. The molecule has 0 aromatic heterocycles. The highest BCUT2D eigenvalue weighted by Gasteiger charge is 2.08. The lowest BCUT2D eigenvalue weighted by Gasteiger charge is -1.99. The minimum absolute atomic E-state index is 0.0562. The van der Waals surface area contributed by atoms with Crippen LogP contribution in [0.4, 0.5) is 0 Å². The summed E-state index contributed by atoms with van der Waals surface area (Å²) in [5.74, 6) is -0.581. The van der Waals surface area contributed by atoms with Crippen LogP contribution >= 0.6 is 0 Å². The van der Waals surface area contributed by atoms with Crippen LogP contribution in [0.15, 0.2) is 24.3 Å². The highest BCUT2D eigenvalue weighted by atomic mass is 16.5. The monoisotopic (exact) mass is 212 g/mol. The Morgan fingerprint density at radius 1 is 1.13 bits per heavy atom. The molecule has 0 saturated carbocycles. The number of para-hydroxylation sites is 1. The van der Waals surface area contributed by atoms with Crippen LogP contribution in [0.2, 0.25) is 0 Å². The zero-order chi connectivity index (χ0) is 12.3. The Morgan fingerprint density at radius 3 is 2.00 bits per heavy atom. The fraction of sp³-hybridized carbons (Fsp3) is 0.417. The minimum atomic E-state index is -0.525. The summed E-state index contributed by atoms with van der Waals surface area (Å²) in [7, 11) is 1.27. The van der Waals surface area contributed by atoms with Gasteiger partial charge in [0.15, 0.2) is 0 Å². The Balaban J connectivity index is 0. The van der Waals surface area contributed by atoms with Gasteiger partial charge in [-0.1, -0.05) is 39.8 Å². The third-order valence-electron chi connectivity index (χ3n) is 1.31. The Morgan fingerprint density at radius 2 is 1.60 bits per heavy atom. The van der Waals surface area contributed by atoms with E-state index in [0.717, 1.165) is 0 Å². The van der Waals surface area contributed by atoms with Crippen molar-refractivity contribution in [1.29, 1.82) is 0 Å². The molecule has 0 radical (unpaired) electrons. The van der Waals surface area contributed by atoms with Crippen LogP contribution in [-0.2, 0) is 4.74 Å². The second kappa shape index (κ2) is 10.6.